The van der Waals surface area contributed by atoms with Crippen LogP contribution in [-0.2, 0) is 18.9 Å². The van der Waals surface area contributed by atoms with Crippen molar-refractivity contribution in [2.45, 2.75) is 76.6 Å². The zero-order valence-corrected chi connectivity index (χ0v) is 17.2. The Hall–Kier alpha value is -0.200. The highest BCUT2D eigenvalue weighted by Crippen LogP contribution is 2.64. The molecule has 2 aliphatic carbocycles. The second-order valence-corrected chi connectivity index (χ2v) is 9.82. The van der Waals surface area contributed by atoms with Crippen LogP contribution in [0.5, 0.6) is 0 Å². The van der Waals surface area contributed by atoms with E-state index in [-0.39, 0.29) is 11.2 Å². The molecule has 2 saturated carbocycles. The molecule has 156 valence electrons. The van der Waals surface area contributed by atoms with Gasteiger partial charge in [-0.05, 0) is 69.6 Å². The molecular weight excluding hydrogens is 344 g/mol. The summed E-state index contributed by atoms with van der Waals surface area (Å²) in [4.78, 5) is 0. The van der Waals surface area contributed by atoms with Crippen molar-refractivity contribution >= 4 is 0 Å². The van der Waals surface area contributed by atoms with Crippen LogP contribution in [0.15, 0.2) is 0 Å². The molecule has 2 saturated heterocycles. The van der Waals surface area contributed by atoms with Gasteiger partial charge in [0.25, 0.3) is 0 Å². The number of rotatable bonds is 0. The quantitative estimate of drug-likeness (QED) is 0.695. The first-order chi connectivity index (χ1) is 13.0. The molecule has 2 heterocycles. The van der Waals surface area contributed by atoms with E-state index in [0.717, 1.165) is 51.4 Å². The fourth-order valence-electron chi connectivity index (χ4n) is 6.56. The molecule has 4 fully saturated rings. The first-order valence-corrected chi connectivity index (χ1v) is 11.1. The van der Waals surface area contributed by atoms with E-state index in [1.807, 2.05) is 6.92 Å². The molecule has 4 rings (SSSR count). The predicted molar refractivity (Wildman–Crippen MR) is 102 cm³/mol. The van der Waals surface area contributed by atoms with Gasteiger partial charge in [0.1, 0.15) is 0 Å². The van der Waals surface area contributed by atoms with Crippen molar-refractivity contribution in [2.75, 3.05) is 39.6 Å². The minimum absolute atomic E-state index is 0.109. The fraction of sp³-hybridized carbons (Fsp3) is 1.00. The van der Waals surface area contributed by atoms with E-state index >= 15 is 0 Å². The van der Waals surface area contributed by atoms with Gasteiger partial charge in [0.15, 0.2) is 5.79 Å². The molecule has 5 nitrogen and oxygen atoms in total. The van der Waals surface area contributed by atoms with Crippen LogP contribution in [0.25, 0.3) is 0 Å². The molecule has 3 unspecified atom stereocenters. The molecule has 0 aromatic heterocycles. The average Bonchev–Trinajstić information content (AvgIpc) is 3.23. The van der Waals surface area contributed by atoms with Crippen molar-refractivity contribution in [1.29, 1.82) is 0 Å². The van der Waals surface area contributed by atoms with Crippen LogP contribution in [0.3, 0.4) is 0 Å². The lowest BCUT2D eigenvalue weighted by Crippen LogP contribution is -2.51. The van der Waals surface area contributed by atoms with E-state index in [2.05, 4.69) is 6.92 Å². The van der Waals surface area contributed by atoms with Gasteiger partial charge in [0.05, 0.1) is 38.6 Å². The molecule has 0 amide bonds. The number of fused-ring (bicyclic) bond motifs is 4. The van der Waals surface area contributed by atoms with E-state index in [0.29, 0.717) is 31.7 Å². The Bertz CT molecular complexity index is 501. The maximum absolute atomic E-state index is 10.8. The van der Waals surface area contributed by atoms with Crippen LogP contribution in [0.2, 0.25) is 0 Å². The highest BCUT2D eigenvalue weighted by atomic mass is 16.7. The summed E-state index contributed by atoms with van der Waals surface area (Å²) in [5, 5.41) is 10.8. The van der Waals surface area contributed by atoms with E-state index in [4.69, 9.17) is 18.9 Å². The molecule has 1 spiro atoms. The van der Waals surface area contributed by atoms with Gasteiger partial charge in [-0.3, -0.25) is 0 Å². The summed E-state index contributed by atoms with van der Waals surface area (Å²) in [6.45, 7) is 8.22. The zero-order valence-electron chi connectivity index (χ0n) is 17.2. The Morgan fingerprint density at radius 1 is 0.778 bits per heavy atom. The minimum Gasteiger partial charge on any atom is -0.388 e. The molecule has 0 radical (unpaired) electrons. The number of aliphatic hydroxyl groups is 1. The second-order valence-electron chi connectivity index (χ2n) is 9.82. The van der Waals surface area contributed by atoms with Crippen LogP contribution in [0.4, 0.5) is 0 Å². The summed E-state index contributed by atoms with van der Waals surface area (Å²) in [7, 11) is 0. The topological polar surface area (TPSA) is 57.2 Å². The smallest absolute Gasteiger partial charge is 0.174 e. The van der Waals surface area contributed by atoms with Crippen molar-refractivity contribution in [2.24, 2.45) is 23.2 Å². The Morgan fingerprint density at radius 3 is 2.37 bits per heavy atom. The SMILES string of the molecule is CC1(O)CC[C@@H]2C(CCCOCCOC1)CC[C@@]1(C)C2CCC12OCCO2. The predicted octanol–water partition coefficient (Wildman–Crippen LogP) is 3.53. The normalized spacial score (nSPS) is 46.1. The van der Waals surface area contributed by atoms with E-state index in [1.165, 1.54) is 25.7 Å². The van der Waals surface area contributed by atoms with E-state index in [1.54, 1.807) is 0 Å². The largest absolute Gasteiger partial charge is 0.388 e. The number of ether oxygens (including phenoxy) is 4. The molecule has 0 aromatic carbocycles. The van der Waals surface area contributed by atoms with Gasteiger partial charge in [-0.25, -0.2) is 0 Å². The van der Waals surface area contributed by atoms with E-state index < -0.39 is 5.60 Å². The lowest BCUT2D eigenvalue weighted by Gasteiger charge is -2.51. The van der Waals surface area contributed by atoms with Crippen LogP contribution in [0.1, 0.15) is 65.2 Å². The van der Waals surface area contributed by atoms with Crippen molar-refractivity contribution in [3.05, 3.63) is 0 Å². The van der Waals surface area contributed by atoms with Crippen molar-refractivity contribution in [3.63, 3.8) is 0 Å². The molecule has 1 N–H and O–H groups in total. The fourth-order valence-corrected chi connectivity index (χ4v) is 6.56. The molecular formula is C22H38O5. The molecule has 5 heteroatoms. The number of hydrogen-bond donors (Lipinski definition) is 1. The number of hydrogen-bond acceptors (Lipinski definition) is 5. The molecule has 0 aromatic rings. The van der Waals surface area contributed by atoms with Gasteiger partial charge in [0.2, 0.25) is 0 Å². The van der Waals surface area contributed by atoms with Crippen LogP contribution >= 0.6 is 0 Å². The third-order valence-electron chi connectivity index (χ3n) is 8.05. The summed E-state index contributed by atoms with van der Waals surface area (Å²) in [6, 6.07) is 0. The lowest BCUT2D eigenvalue weighted by atomic mass is 9.57. The highest BCUT2D eigenvalue weighted by Gasteiger charge is 2.64. The molecule has 4 aliphatic rings. The first kappa shape index (κ1) is 20.1. The summed E-state index contributed by atoms with van der Waals surface area (Å²) in [5.74, 6) is 1.62. The monoisotopic (exact) mass is 382 g/mol. The van der Waals surface area contributed by atoms with Gasteiger partial charge in [-0.15, -0.1) is 0 Å². The van der Waals surface area contributed by atoms with Gasteiger partial charge in [0, 0.05) is 18.4 Å². The third-order valence-corrected chi connectivity index (χ3v) is 8.05. The molecule has 27 heavy (non-hydrogen) atoms. The Balaban J connectivity index is 1.53. The van der Waals surface area contributed by atoms with Crippen molar-refractivity contribution in [1.82, 2.24) is 0 Å². The van der Waals surface area contributed by atoms with E-state index in [9.17, 15) is 5.11 Å². The highest BCUT2D eigenvalue weighted by molar-refractivity contribution is 5.08. The van der Waals surface area contributed by atoms with Crippen molar-refractivity contribution < 1.29 is 24.1 Å². The van der Waals surface area contributed by atoms with Crippen LogP contribution in [-0.4, -0.2) is 56.1 Å². The minimum atomic E-state index is -0.761. The standard InChI is InChI=1S/C22H38O5/c1-20(23)8-6-18-17(4-3-11-24-12-13-25-16-20)5-9-21(2)19(18)7-10-22(21)26-14-15-27-22/h17-19,23H,3-16H2,1-2H3/t17?,18-,19?,20?,21+/m1/s1. The summed E-state index contributed by atoms with van der Waals surface area (Å²) >= 11 is 0. The lowest BCUT2D eigenvalue weighted by molar-refractivity contribution is -0.239. The average molecular weight is 383 g/mol. The van der Waals surface area contributed by atoms with Crippen molar-refractivity contribution in [3.8, 4) is 0 Å². The van der Waals surface area contributed by atoms with Crippen LogP contribution < -0.4 is 0 Å². The molecule has 2 aliphatic heterocycles. The Kier molecular flexibility index (Phi) is 5.88. The van der Waals surface area contributed by atoms with Gasteiger partial charge < -0.3 is 24.1 Å². The molecule has 0 bridgehead atoms. The summed E-state index contributed by atoms with van der Waals surface area (Å²) in [5.41, 5.74) is -0.652. The second kappa shape index (κ2) is 7.91. The summed E-state index contributed by atoms with van der Waals surface area (Å²) in [6.07, 6.45) is 8.87. The zero-order chi connectivity index (χ0) is 19.0. The first-order valence-electron chi connectivity index (χ1n) is 11.1. The maximum Gasteiger partial charge on any atom is 0.174 e. The summed E-state index contributed by atoms with van der Waals surface area (Å²) < 4.78 is 23.9. The Morgan fingerprint density at radius 2 is 1.56 bits per heavy atom. The van der Waals surface area contributed by atoms with Gasteiger partial charge in [-0.1, -0.05) is 6.92 Å². The maximum atomic E-state index is 10.8. The Labute approximate surface area is 164 Å². The third kappa shape index (κ3) is 3.83. The molecule has 5 atom stereocenters. The van der Waals surface area contributed by atoms with Crippen LogP contribution in [0, 0.1) is 23.2 Å². The van der Waals surface area contributed by atoms with Gasteiger partial charge in [-0.2, -0.15) is 0 Å². The van der Waals surface area contributed by atoms with Gasteiger partial charge >= 0.3 is 0 Å².